The second-order valence-electron chi connectivity index (χ2n) is 7.74. The highest BCUT2D eigenvalue weighted by Gasteiger charge is 2.37. The van der Waals surface area contributed by atoms with Gasteiger partial charge in [-0.25, -0.2) is 14.9 Å². The number of benzene rings is 3. The number of amides is 3. The van der Waals surface area contributed by atoms with Crippen molar-refractivity contribution in [2.45, 2.75) is 6.92 Å². The van der Waals surface area contributed by atoms with Gasteiger partial charge in [-0.15, -0.1) is 0 Å². The number of ether oxygens (including phenoxy) is 2. The van der Waals surface area contributed by atoms with E-state index in [9.17, 15) is 14.4 Å². The molecule has 1 N–H and O–H groups in total. The van der Waals surface area contributed by atoms with Crippen LogP contribution in [0, 0.1) is 0 Å². The standard InChI is InChI=1S/C27H20N4O5/c1-2-35-20-11-7-19(8-12-20)31-25(33)22-13-4-17(16-23(22)26(31)34)24(32)30-18-5-9-21(10-6-18)36-27-28-14-3-15-29-27/h3-16H,2H2,1H3,(H,30,32). The molecule has 9 heteroatoms. The third-order valence-corrected chi connectivity index (χ3v) is 5.42. The van der Waals surface area contributed by atoms with Crippen LogP contribution in [0.15, 0.2) is 85.2 Å². The maximum absolute atomic E-state index is 13.1. The first-order valence-corrected chi connectivity index (χ1v) is 11.2. The first kappa shape index (κ1) is 22.7. The second kappa shape index (κ2) is 9.67. The molecule has 3 amide bonds. The highest BCUT2D eigenvalue weighted by Crippen LogP contribution is 2.30. The summed E-state index contributed by atoms with van der Waals surface area (Å²) in [6.07, 6.45) is 3.15. The SMILES string of the molecule is CCOc1ccc(N2C(=O)c3ccc(C(=O)Nc4ccc(Oc5ncccn5)cc4)cc3C2=O)cc1. The number of imide groups is 1. The van der Waals surface area contributed by atoms with Gasteiger partial charge in [0.05, 0.1) is 23.4 Å². The minimum absolute atomic E-state index is 0.174. The smallest absolute Gasteiger partial charge is 0.321 e. The van der Waals surface area contributed by atoms with Gasteiger partial charge in [0.2, 0.25) is 0 Å². The van der Waals surface area contributed by atoms with E-state index in [1.807, 2.05) is 6.92 Å². The van der Waals surface area contributed by atoms with Gasteiger partial charge in [0.15, 0.2) is 0 Å². The molecule has 0 saturated carbocycles. The summed E-state index contributed by atoms with van der Waals surface area (Å²) in [4.78, 5) is 47.9. The number of anilines is 2. The molecule has 2 heterocycles. The van der Waals surface area contributed by atoms with E-state index in [4.69, 9.17) is 9.47 Å². The third kappa shape index (κ3) is 4.49. The highest BCUT2D eigenvalue weighted by molar-refractivity contribution is 6.34. The highest BCUT2D eigenvalue weighted by atomic mass is 16.5. The lowest BCUT2D eigenvalue weighted by atomic mass is 10.1. The quantitative estimate of drug-likeness (QED) is 0.381. The molecule has 1 aliphatic heterocycles. The fraction of sp³-hybridized carbons (Fsp3) is 0.0741. The van der Waals surface area contributed by atoms with Crippen LogP contribution in [0.25, 0.3) is 0 Å². The molecule has 0 aliphatic carbocycles. The molecule has 0 spiro atoms. The molecular formula is C27H20N4O5. The first-order chi connectivity index (χ1) is 17.5. The van der Waals surface area contributed by atoms with Gasteiger partial charge >= 0.3 is 6.01 Å². The van der Waals surface area contributed by atoms with Gasteiger partial charge in [0.25, 0.3) is 17.7 Å². The van der Waals surface area contributed by atoms with Crippen molar-refractivity contribution in [2.75, 3.05) is 16.8 Å². The Hall–Kier alpha value is -5.05. The first-order valence-electron chi connectivity index (χ1n) is 11.2. The summed E-state index contributed by atoms with van der Waals surface area (Å²) in [7, 11) is 0. The van der Waals surface area contributed by atoms with Crippen LogP contribution in [0.4, 0.5) is 11.4 Å². The number of aromatic nitrogens is 2. The Morgan fingerprint density at radius 3 is 2.22 bits per heavy atom. The zero-order valence-corrected chi connectivity index (χ0v) is 19.2. The van der Waals surface area contributed by atoms with Crippen LogP contribution < -0.4 is 19.7 Å². The van der Waals surface area contributed by atoms with Gasteiger partial charge in [-0.1, -0.05) is 0 Å². The summed E-state index contributed by atoms with van der Waals surface area (Å²) >= 11 is 0. The second-order valence-corrected chi connectivity index (χ2v) is 7.74. The minimum atomic E-state index is -0.488. The maximum atomic E-state index is 13.1. The number of carbonyl (C=O) groups is 3. The maximum Gasteiger partial charge on any atom is 0.321 e. The summed E-state index contributed by atoms with van der Waals surface area (Å²) < 4.78 is 11.0. The number of hydrogen-bond donors (Lipinski definition) is 1. The molecule has 4 aromatic rings. The number of fused-ring (bicyclic) bond motifs is 1. The van der Waals surface area contributed by atoms with Gasteiger partial charge in [-0.05, 0) is 79.7 Å². The topological polar surface area (TPSA) is 111 Å². The normalized spacial score (nSPS) is 12.3. The molecule has 36 heavy (non-hydrogen) atoms. The molecule has 3 aromatic carbocycles. The predicted molar refractivity (Wildman–Crippen MR) is 132 cm³/mol. The van der Waals surface area contributed by atoms with Crippen LogP contribution in [-0.2, 0) is 0 Å². The number of rotatable bonds is 7. The van der Waals surface area contributed by atoms with E-state index in [-0.39, 0.29) is 22.7 Å². The van der Waals surface area contributed by atoms with Crippen LogP contribution in [-0.4, -0.2) is 34.3 Å². The Balaban J connectivity index is 1.29. The Bertz CT molecular complexity index is 1440. The molecule has 0 atom stereocenters. The van der Waals surface area contributed by atoms with E-state index in [1.54, 1.807) is 67.0 Å². The van der Waals surface area contributed by atoms with Crippen LogP contribution in [0.3, 0.4) is 0 Å². The van der Waals surface area contributed by atoms with Gasteiger partial charge < -0.3 is 14.8 Å². The summed E-state index contributed by atoms with van der Waals surface area (Å²) in [6.45, 7) is 2.38. The molecule has 0 bridgehead atoms. The summed E-state index contributed by atoms with van der Waals surface area (Å²) in [5, 5.41) is 2.78. The Morgan fingerprint density at radius 1 is 0.861 bits per heavy atom. The fourth-order valence-corrected chi connectivity index (χ4v) is 3.73. The Morgan fingerprint density at radius 2 is 1.53 bits per heavy atom. The van der Waals surface area contributed by atoms with E-state index in [2.05, 4.69) is 15.3 Å². The van der Waals surface area contributed by atoms with Gasteiger partial charge in [0.1, 0.15) is 11.5 Å². The number of carbonyl (C=O) groups excluding carboxylic acids is 3. The van der Waals surface area contributed by atoms with Crippen molar-refractivity contribution < 1.29 is 23.9 Å². The molecule has 0 fully saturated rings. The molecule has 178 valence electrons. The van der Waals surface area contributed by atoms with Crippen molar-refractivity contribution in [2.24, 2.45) is 0 Å². The van der Waals surface area contributed by atoms with Crippen LogP contribution in [0.1, 0.15) is 38.0 Å². The molecule has 0 saturated heterocycles. The predicted octanol–water partition coefficient (Wildman–Crippen LogP) is 4.72. The van der Waals surface area contributed by atoms with Gasteiger partial charge in [-0.3, -0.25) is 14.4 Å². The van der Waals surface area contributed by atoms with Crippen molar-refractivity contribution in [1.29, 1.82) is 0 Å². The van der Waals surface area contributed by atoms with E-state index in [0.717, 1.165) is 4.90 Å². The molecule has 5 rings (SSSR count). The van der Waals surface area contributed by atoms with E-state index in [0.29, 0.717) is 29.5 Å². The Labute approximate surface area is 206 Å². The lowest BCUT2D eigenvalue weighted by Gasteiger charge is -2.14. The summed E-state index contributed by atoms with van der Waals surface area (Å²) in [5.41, 5.74) is 1.63. The van der Waals surface area contributed by atoms with Crippen LogP contribution in [0.5, 0.6) is 17.5 Å². The van der Waals surface area contributed by atoms with Crippen molar-refractivity contribution in [3.8, 4) is 17.5 Å². The third-order valence-electron chi connectivity index (χ3n) is 5.42. The number of hydrogen-bond acceptors (Lipinski definition) is 7. The van der Waals surface area contributed by atoms with Crippen LogP contribution in [0.2, 0.25) is 0 Å². The van der Waals surface area contributed by atoms with E-state index < -0.39 is 17.7 Å². The number of nitrogens with one attached hydrogen (secondary N) is 1. The van der Waals surface area contributed by atoms with E-state index in [1.165, 1.54) is 18.2 Å². The van der Waals surface area contributed by atoms with Gasteiger partial charge in [-0.2, -0.15) is 0 Å². The molecule has 0 unspecified atom stereocenters. The minimum Gasteiger partial charge on any atom is -0.494 e. The molecule has 9 nitrogen and oxygen atoms in total. The average molecular weight is 480 g/mol. The zero-order chi connectivity index (χ0) is 25.1. The van der Waals surface area contributed by atoms with E-state index >= 15 is 0 Å². The van der Waals surface area contributed by atoms with Crippen molar-refractivity contribution in [1.82, 2.24) is 9.97 Å². The molecule has 1 aromatic heterocycles. The largest absolute Gasteiger partial charge is 0.494 e. The molecular weight excluding hydrogens is 460 g/mol. The number of nitrogens with zero attached hydrogens (tertiary/aromatic N) is 3. The fourth-order valence-electron chi connectivity index (χ4n) is 3.73. The molecule has 0 radical (unpaired) electrons. The summed E-state index contributed by atoms with van der Waals surface area (Å²) in [5.74, 6) is -0.194. The van der Waals surface area contributed by atoms with Gasteiger partial charge in [0, 0.05) is 23.6 Å². The monoisotopic (exact) mass is 480 g/mol. The van der Waals surface area contributed by atoms with Crippen molar-refractivity contribution in [3.05, 3.63) is 102 Å². The average Bonchev–Trinajstić information content (AvgIpc) is 3.15. The summed E-state index contributed by atoms with van der Waals surface area (Å²) in [6, 6.07) is 19.7. The van der Waals surface area contributed by atoms with Crippen molar-refractivity contribution >= 4 is 29.1 Å². The zero-order valence-electron chi connectivity index (χ0n) is 19.2. The Kier molecular flexibility index (Phi) is 6.10. The lowest BCUT2D eigenvalue weighted by molar-refractivity contribution is 0.0925. The van der Waals surface area contributed by atoms with Crippen LogP contribution >= 0.6 is 0 Å². The van der Waals surface area contributed by atoms with Crippen molar-refractivity contribution in [3.63, 3.8) is 0 Å². The molecule has 1 aliphatic rings. The lowest BCUT2D eigenvalue weighted by Crippen LogP contribution is -2.29.